The maximum Gasteiger partial charge on any atom is 0.367 e. The van der Waals surface area contributed by atoms with Crippen LogP contribution < -0.4 is 21.9 Å². The summed E-state index contributed by atoms with van der Waals surface area (Å²) in [4.78, 5) is 41.3. The van der Waals surface area contributed by atoms with Crippen molar-refractivity contribution in [3.8, 4) is 0 Å². The van der Waals surface area contributed by atoms with Gasteiger partial charge in [-0.1, -0.05) is 4.73 Å². The molecule has 1 atom stereocenters. The van der Waals surface area contributed by atoms with Gasteiger partial charge in [0.25, 0.3) is 0 Å². The van der Waals surface area contributed by atoms with Gasteiger partial charge in [0.2, 0.25) is 0 Å². The van der Waals surface area contributed by atoms with Crippen LogP contribution in [0.3, 0.4) is 0 Å². The van der Waals surface area contributed by atoms with Crippen molar-refractivity contribution < 1.29 is 14.7 Å². The minimum absolute atomic E-state index is 0.206. The Bertz CT molecular complexity index is 462. The molecular formula is C7H11N3O6. The molecule has 0 aliphatic carbocycles. The van der Waals surface area contributed by atoms with E-state index in [2.05, 4.69) is 0 Å². The van der Waals surface area contributed by atoms with E-state index in [0.29, 0.717) is 4.73 Å². The summed E-state index contributed by atoms with van der Waals surface area (Å²) in [5, 5.41) is 8.75. The molecule has 90 valence electrons. The monoisotopic (exact) mass is 233 g/mol. The highest BCUT2D eigenvalue weighted by atomic mass is 16.7. The highest BCUT2D eigenvalue weighted by Gasteiger charge is 2.09. The number of hydrogen-bond acceptors (Lipinski definition) is 6. The maximum atomic E-state index is 11.1. The Labute approximate surface area is 88.2 Å². The van der Waals surface area contributed by atoms with E-state index in [4.69, 9.17) is 14.7 Å². The van der Waals surface area contributed by atoms with Crippen LogP contribution in [0.1, 0.15) is 0 Å². The van der Waals surface area contributed by atoms with Gasteiger partial charge in [-0.15, -0.1) is 0 Å². The smallest absolute Gasteiger partial charge is 0.367 e. The molecule has 9 heteroatoms. The van der Waals surface area contributed by atoms with Crippen molar-refractivity contribution in [3.05, 3.63) is 31.5 Å². The third-order valence-corrected chi connectivity index (χ3v) is 1.74. The van der Waals surface area contributed by atoms with E-state index in [1.807, 2.05) is 9.97 Å². The number of aromatic amines is 2. The van der Waals surface area contributed by atoms with Crippen molar-refractivity contribution in [1.82, 2.24) is 14.7 Å². The first-order valence-electron chi connectivity index (χ1n) is 4.31. The zero-order chi connectivity index (χ0) is 12.1. The van der Waals surface area contributed by atoms with Crippen LogP contribution in [0.2, 0.25) is 0 Å². The Kier molecular flexibility index (Phi) is 4.03. The standard InChI is InChI=1S/C7H11N3O6/c1-15-4(2-11)3-16-10-6(13)8-5(12)9-7(10)14/h4,11H,2-3H2,1H3,(H2,8,9,12,13,14). The zero-order valence-electron chi connectivity index (χ0n) is 8.43. The molecule has 3 N–H and O–H groups in total. The number of aliphatic hydroxyl groups is 1. The lowest BCUT2D eigenvalue weighted by Gasteiger charge is -2.12. The number of aromatic nitrogens is 3. The number of methoxy groups -OCH3 is 1. The molecule has 1 rings (SSSR count). The van der Waals surface area contributed by atoms with Crippen LogP contribution in [-0.4, -0.2) is 46.2 Å². The summed E-state index contributed by atoms with van der Waals surface area (Å²) in [6.07, 6.45) is -0.668. The quantitative estimate of drug-likeness (QED) is 0.488. The fourth-order valence-corrected chi connectivity index (χ4v) is 0.889. The average Bonchev–Trinajstić information content (AvgIpc) is 2.22. The van der Waals surface area contributed by atoms with Crippen LogP contribution in [0.25, 0.3) is 0 Å². The van der Waals surface area contributed by atoms with E-state index in [-0.39, 0.29) is 13.2 Å². The van der Waals surface area contributed by atoms with Gasteiger partial charge >= 0.3 is 17.1 Å². The molecule has 0 spiro atoms. The Balaban J connectivity index is 2.86. The number of ether oxygens (including phenoxy) is 1. The molecule has 0 saturated carbocycles. The van der Waals surface area contributed by atoms with Crippen LogP contribution in [-0.2, 0) is 4.74 Å². The number of nitrogens with zero attached hydrogens (tertiary/aromatic N) is 1. The number of hydrogen-bond donors (Lipinski definition) is 3. The van der Waals surface area contributed by atoms with Gasteiger partial charge in [0.05, 0.1) is 6.61 Å². The van der Waals surface area contributed by atoms with Gasteiger partial charge in [0.1, 0.15) is 12.7 Å². The van der Waals surface area contributed by atoms with Gasteiger partial charge in [-0.2, -0.15) is 0 Å². The summed E-state index contributed by atoms with van der Waals surface area (Å²) >= 11 is 0. The second kappa shape index (κ2) is 5.28. The van der Waals surface area contributed by atoms with Crippen molar-refractivity contribution in [3.63, 3.8) is 0 Å². The molecular weight excluding hydrogens is 222 g/mol. The van der Waals surface area contributed by atoms with Gasteiger partial charge in [0, 0.05) is 7.11 Å². The SMILES string of the molecule is COC(CO)COn1c(=O)[nH]c(=O)[nH]c1=O. The van der Waals surface area contributed by atoms with E-state index >= 15 is 0 Å². The average molecular weight is 233 g/mol. The Hall–Kier alpha value is -1.87. The molecule has 1 aromatic heterocycles. The van der Waals surface area contributed by atoms with E-state index in [9.17, 15) is 14.4 Å². The lowest BCUT2D eigenvalue weighted by Crippen LogP contribution is -2.48. The molecule has 0 saturated heterocycles. The molecule has 16 heavy (non-hydrogen) atoms. The van der Waals surface area contributed by atoms with E-state index in [1.165, 1.54) is 7.11 Å². The molecule has 9 nitrogen and oxygen atoms in total. The number of nitrogens with one attached hydrogen (secondary N) is 2. The topological polar surface area (TPSA) is 126 Å². The molecule has 0 bridgehead atoms. The van der Waals surface area contributed by atoms with Gasteiger partial charge in [-0.25, -0.2) is 14.4 Å². The number of H-pyrrole nitrogens is 2. The van der Waals surface area contributed by atoms with Crippen LogP contribution in [0.4, 0.5) is 0 Å². The van der Waals surface area contributed by atoms with E-state index < -0.39 is 23.2 Å². The van der Waals surface area contributed by atoms with Gasteiger partial charge < -0.3 is 14.7 Å². The molecule has 0 aliphatic rings. The molecule has 0 aromatic carbocycles. The van der Waals surface area contributed by atoms with Crippen molar-refractivity contribution in [1.29, 1.82) is 0 Å². The first-order chi connectivity index (χ1) is 7.58. The predicted molar refractivity (Wildman–Crippen MR) is 51.3 cm³/mol. The van der Waals surface area contributed by atoms with Crippen molar-refractivity contribution in [2.45, 2.75) is 6.10 Å². The van der Waals surface area contributed by atoms with Crippen LogP contribution in [0, 0.1) is 0 Å². The lowest BCUT2D eigenvalue weighted by atomic mass is 10.4. The largest absolute Gasteiger partial charge is 0.402 e. The third-order valence-electron chi connectivity index (χ3n) is 1.74. The molecule has 1 unspecified atom stereocenters. The van der Waals surface area contributed by atoms with Crippen molar-refractivity contribution in [2.24, 2.45) is 0 Å². The van der Waals surface area contributed by atoms with E-state index in [1.54, 1.807) is 0 Å². The van der Waals surface area contributed by atoms with E-state index in [0.717, 1.165) is 0 Å². The summed E-state index contributed by atoms with van der Waals surface area (Å²) < 4.78 is 5.09. The highest BCUT2D eigenvalue weighted by molar-refractivity contribution is 4.65. The normalized spacial score (nSPS) is 12.4. The van der Waals surface area contributed by atoms with Gasteiger partial charge in [-0.3, -0.25) is 9.97 Å². The fraction of sp³-hybridized carbons (Fsp3) is 0.571. The van der Waals surface area contributed by atoms with Crippen LogP contribution in [0.15, 0.2) is 14.4 Å². The molecule has 0 radical (unpaired) electrons. The second-order valence-corrected chi connectivity index (χ2v) is 2.82. The third kappa shape index (κ3) is 2.81. The van der Waals surface area contributed by atoms with Gasteiger partial charge in [0.15, 0.2) is 0 Å². The van der Waals surface area contributed by atoms with Crippen molar-refractivity contribution in [2.75, 3.05) is 20.3 Å². The van der Waals surface area contributed by atoms with Crippen LogP contribution in [0.5, 0.6) is 0 Å². The minimum atomic E-state index is -0.999. The first kappa shape index (κ1) is 12.2. The molecule has 1 heterocycles. The summed E-state index contributed by atoms with van der Waals surface area (Å²) in [5.74, 6) is 0. The maximum absolute atomic E-state index is 11.1. The van der Waals surface area contributed by atoms with Gasteiger partial charge in [-0.05, 0) is 0 Å². The molecule has 1 aromatic rings. The summed E-state index contributed by atoms with van der Waals surface area (Å²) in [6.45, 7) is -0.533. The first-order valence-corrected chi connectivity index (χ1v) is 4.31. The van der Waals surface area contributed by atoms with Crippen molar-refractivity contribution >= 4 is 0 Å². The minimum Gasteiger partial charge on any atom is -0.402 e. The zero-order valence-corrected chi connectivity index (χ0v) is 8.43. The number of rotatable bonds is 5. The molecule has 0 amide bonds. The summed E-state index contributed by atoms with van der Waals surface area (Å²) in [5.41, 5.74) is -2.91. The Morgan fingerprint density at radius 2 is 1.88 bits per heavy atom. The molecule has 0 aliphatic heterocycles. The molecule has 0 fully saturated rings. The highest BCUT2D eigenvalue weighted by Crippen LogP contribution is 1.85. The Morgan fingerprint density at radius 3 is 2.31 bits per heavy atom. The summed E-state index contributed by atoms with van der Waals surface area (Å²) in [7, 11) is 1.34. The Morgan fingerprint density at radius 1 is 1.31 bits per heavy atom. The fourth-order valence-electron chi connectivity index (χ4n) is 0.889. The predicted octanol–water partition coefficient (Wildman–Crippen LogP) is -3.34. The number of aliphatic hydroxyl groups excluding tert-OH is 1. The lowest BCUT2D eigenvalue weighted by molar-refractivity contribution is -0.0313. The summed E-state index contributed by atoms with van der Waals surface area (Å²) in [6, 6.07) is 0. The second-order valence-electron chi connectivity index (χ2n) is 2.82. The van der Waals surface area contributed by atoms with Crippen LogP contribution >= 0.6 is 0 Å².